The van der Waals surface area contributed by atoms with Crippen molar-refractivity contribution in [2.24, 2.45) is 0 Å². The molecule has 2 aromatic rings. The van der Waals surface area contributed by atoms with Crippen LogP contribution < -0.4 is 4.74 Å². The molecule has 0 fully saturated rings. The number of nitrogens with zero attached hydrogens (tertiary/aromatic N) is 1. The fraction of sp³-hybridized carbons (Fsp3) is 0.0769. The van der Waals surface area contributed by atoms with Crippen LogP contribution in [-0.4, -0.2) is 4.92 Å². The Balaban J connectivity index is 2.36. The van der Waals surface area contributed by atoms with Gasteiger partial charge < -0.3 is 4.74 Å². The number of hydrogen-bond acceptors (Lipinski definition) is 3. The van der Waals surface area contributed by atoms with E-state index in [1.165, 1.54) is 6.07 Å². The summed E-state index contributed by atoms with van der Waals surface area (Å²) in [7, 11) is 0. The minimum absolute atomic E-state index is 0.119. The molecular formula is C13H7BrClF2NO3. The lowest BCUT2D eigenvalue weighted by Crippen LogP contribution is -1.97. The molecule has 0 radical (unpaired) electrons. The van der Waals surface area contributed by atoms with Crippen molar-refractivity contribution >= 4 is 33.2 Å². The molecule has 0 bridgehead atoms. The Morgan fingerprint density at radius 2 is 1.90 bits per heavy atom. The molecule has 0 aliphatic heterocycles. The molecule has 0 atom stereocenters. The molecule has 0 aliphatic carbocycles. The molecule has 0 unspecified atom stereocenters. The van der Waals surface area contributed by atoms with Gasteiger partial charge in [-0.15, -0.1) is 0 Å². The lowest BCUT2D eigenvalue weighted by Gasteiger charge is -2.09. The van der Waals surface area contributed by atoms with Gasteiger partial charge in [0.25, 0.3) is 0 Å². The van der Waals surface area contributed by atoms with Gasteiger partial charge in [0, 0.05) is 11.4 Å². The molecule has 2 aromatic carbocycles. The third-order valence-corrected chi connectivity index (χ3v) is 3.51. The zero-order valence-corrected chi connectivity index (χ0v) is 12.6. The van der Waals surface area contributed by atoms with Crippen LogP contribution in [0.5, 0.6) is 11.5 Å². The highest BCUT2D eigenvalue weighted by Crippen LogP contribution is 2.34. The first kappa shape index (κ1) is 15.7. The summed E-state index contributed by atoms with van der Waals surface area (Å²) >= 11 is 9.21. The minimum Gasteiger partial charge on any atom is -0.453 e. The summed E-state index contributed by atoms with van der Waals surface area (Å²) in [6.07, 6.45) is 0. The van der Waals surface area contributed by atoms with Crippen LogP contribution in [0.4, 0.5) is 14.5 Å². The molecule has 0 saturated carbocycles. The number of ether oxygens (including phenoxy) is 1. The molecule has 0 spiro atoms. The average molecular weight is 379 g/mol. The Labute approximate surface area is 131 Å². The van der Waals surface area contributed by atoms with E-state index in [0.717, 1.165) is 5.56 Å². The van der Waals surface area contributed by atoms with Crippen molar-refractivity contribution in [3.8, 4) is 11.5 Å². The summed E-state index contributed by atoms with van der Waals surface area (Å²) < 4.78 is 32.4. The fourth-order valence-electron chi connectivity index (χ4n) is 1.56. The molecule has 2 rings (SSSR count). The molecule has 4 nitrogen and oxygen atoms in total. The van der Waals surface area contributed by atoms with E-state index in [4.69, 9.17) is 16.3 Å². The molecule has 0 saturated heterocycles. The SMILES string of the molecule is O=[N+]([O-])c1cc(F)c(Oc2ccc(CBr)cc2Cl)cc1F. The summed E-state index contributed by atoms with van der Waals surface area (Å²) in [5.74, 6) is -2.60. The van der Waals surface area contributed by atoms with Gasteiger partial charge in [-0.2, -0.15) is 4.39 Å². The number of rotatable bonds is 4. The first-order chi connectivity index (χ1) is 9.92. The Bertz CT molecular complexity index is 712. The molecule has 110 valence electrons. The second-order valence-electron chi connectivity index (χ2n) is 3.99. The van der Waals surface area contributed by atoms with Gasteiger partial charge in [-0.1, -0.05) is 33.6 Å². The van der Waals surface area contributed by atoms with E-state index >= 15 is 0 Å². The van der Waals surface area contributed by atoms with Gasteiger partial charge in [0.2, 0.25) is 5.82 Å². The molecule has 0 aliphatic rings. The maximum atomic E-state index is 13.7. The van der Waals surface area contributed by atoms with Gasteiger partial charge in [-0.3, -0.25) is 10.1 Å². The molecule has 21 heavy (non-hydrogen) atoms. The Kier molecular flexibility index (Phi) is 4.74. The normalized spacial score (nSPS) is 10.5. The number of hydrogen-bond donors (Lipinski definition) is 0. The summed E-state index contributed by atoms with van der Waals surface area (Å²) in [5.41, 5.74) is -0.0803. The quantitative estimate of drug-likeness (QED) is 0.417. The molecule has 0 amide bonds. The topological polar surface area (TPSA) is 52.4 Å². The molecule has 8 heteroatoms. The smallest absolute Gasteiger partial charge is 0.307 e. The van der Waals surface area contributed by atoms with Gasteiger partial charge in [0.05, 0.1) is 16.0 Å². The van der Waals surface area contributed by atoms with Gasteiger partial charge >= 0.3 is 5.69 Å². The first-order valence-electron chi connectivity index (χ1n) is 5.58. The fourth-order valence-corrected chi connectivity index (χ4v) is 2.16. The monoisotopic (exact) mass is 377 g/mol. The second kappa shape index (κ2) is 6.36. The third kappa shape index (κ3) is 3.48. The second-order valence-corrected chi connectivity index (χ2v) is 4.96. The van der Waals surface area contributed by atoms with E-state index < -0.39 is 28.0 Å². The van der Waals surface area contributed by atoms with E-state index in [1.54, 1.807) is 12.1 Å². The van der Waals surface area contributed by atoms with Crippen molar-refractivity contribution in [1.82, 2.24) is 0 Å². The largest absolute Gasteiger partial charge is 0.453 e. The Morgan fingerprint density at radius 1 is 1.19 bits per heavy atom. The Morgan fingerprint density at radius 3 is 2.48 bits per heavy atom. The van der Waals surface area contributed by atoms with Crippen molar-refractivity contribution < 1.29 is 18.4 Å². The predicted molar refractivity (Wildman–Crippen MR) is 77.2 cm³/mol. The minimum atomic E-state index is -1.19. The number of alkyl halides is 1. The van der Waals surface area contributed by atoms with Crippen LogP contribution in [0.1, 0.15) is 5.56 Å². The lowest BCUT2D eigenvalue weighted by molar-refractivity contribution is -0.387. The Hall–Kier alpha value is -1.73. The van der Waals surface area contributed by atoms with E-state index in [-0.39, 0.29) is 10.8 Å². The zero-order chi connectivity index (χ0) is 15.6. The maximum Gasteiger partial charge on any atom is 0.307 e. The van der Waals surface area contributed by atoms with Crippen LogP contribution in [0.15, 0.2) is 30.3 Å². The van der Waals surface area contributed by atoms with Gasteiger partial charge in [-0.25, -0.2) is 4.39 Å². The first-order valence-corrected chi connectivity index (χ1v) is 7.08. The van der Waals surface area contributed by atoms with Crippen LogP contribution in [-0.2, 0) is 5.33 Å². The predicted octanol–water partition coefficient (Wildman–Crippen LogP) is 5.21. The van der Waals surface area contributed by atoms with Crippen molar-refractivity contribution in [2.45, 2.75) is 5.33 Å². The average Bonchev–Trinajstić information content (AvgIpc) is 2.44. The molecule has 0 aromatic heterocycles. The van der Waals surface area contributed by atoms with Crippen molar-refractivity contribution in [1.29, 1.82) is 0 Å². The van der Waals surface area contributed by atoms with E-state index in [9.17, 15) is 18.9 Å². The van der Waals surface area contributed by atoms with E-state index in [0.29, 0.717) is 17.5 Å². The maximum absolute atomic E-state index is 13.7. The van der Waals surface area contributed by atoms with Crippen LogP contribution in [0.25, 0.3) is 0 Å². The van der Waals surface area contributed by atoms with Crippen LogP contribution in [0.3, 0.4) is 0 Å². The number of nitro groups is 1. The number of benzene rings is 2. The highest BCUT2D eigenvalue weighted by atomic mass is 79.9. The van der Waals surface area contributed by atoms with E-state index in [2.05, 4.69) is 15.9 Å². The van der Waals surface area contributed by atoms with Crippen LogP contribution >= 0.6 is 27.5 Å². The lowest BCUT2D eigenvalue weighted by atomic mass is 10.2. The van der Waals surface area contributed by atoms with Gasteiger partial charge in [0.15, 0.2) is 11.6 Å². The van der Waals surface area contributed by atoms with Crippen molar-refractivity contribution in [3.63, 3.8) is 0 Å². The number of nitro benzene ring substituents is 1. The van der Waals surface area contributed by atoms with Crippen LogP contribution in [0, 0.1) is 21.7 Å². The van der Waals surface area contributed by atoms with E-state index in [1.807, 2.05) is 0 Å². The van der Waals surface area contributed by atoms with Crippen molar-refractivity contribution in [2.75, 3.05) is 0 Å². The standard InChI is InChI=1S/C13H7BrClF2NO3/c14-6-7-1-2-12(8(15)3-7)21-13-5-9(16)11(18(19)20)4-10(13)17/h1-5H,6H2. The third-order valence-electron chi connectivity index (χ3n) is 2.57. The van der Waals surface area contributed by atoms with Gasteiger partial charge in [-0.05, 0) is 17.7 Å². The molecule has 0 heterocycles. The van der Waals surface area contributed by atoms with Crippen molar-refractivity contribution in [3.05, 3.63) is 62.7 Å². The van der Waals surface area contributed by atoms with Crippen LogP contribution in [0.2, 0.25) is 5.02 Å². The molecular weight excluding hydrogens is 372 g/mol. The number of halogens is 4. The highest BCUT2D eigenvalue weighted by molar-refractivity contribution is 9.08. The summed E-state index contributed by atoms with van der Waals surface area (Å²) in [6.45, 7) is 0. The summed E-state index contributed by atoms with van der Waals surface area (Å²) in [5, 5.41) is 11.3. The summed E-state index contributed by atoms with van der Waals surface area (Å²) in [4.78, 5) is 9.49. The highest BCUT2D eigenvalue weighted by Gasteiger charge is 2.20. The summed E-state index contributed by atoms with van der Waals surface area (Å²) in [6, 6.07) is 5.87. The molecule has 0 N–H and O–H groups in total. The zero-order valence-electron chi connectivity index (χ0n) is 10.3. The van der Waals surface area contributed by atoms with Gasteiger partial charge in [0.1, 0.15) is 5.75 Å².